The van der Waals surface area contributed by atoms with Crippen LogP contribution in [0.25, 0.3) is 0 Å². The van der Waals surface area contributed by atoms with Crippen molar-refractivity contribution in [3.05, 3.63) is 28.8 Å². The van der Waals surface area contributed by atoms with Crippen LogP contribution in [0.2, 0.25) is 5.02 Å². The molecule has 6 heteroatoms. The minimum atomic E-state index is -4.36. The fourth-order valence-electron chi connectivity index (χ4n) is 0.787. The molecule has 0 amide bonds. The number of alkyl halides is 3. The number of hydrogen-bond acceptors (Lipinski definition) is 2. The Balaban J connectivity index is 3.14. The van der Waals surface area contributed by atoms with E-state index in [2.05, 4.69) is 17.5 Å². The maximum atomic E-state index is 12.1. The predicted octanol–water partition coefficient (Wildman–Crippen LogP) is 3.62. The fraction of sp³-hybridized carbons (Fsp3) is 0.143. The number of nitrogens with one attached hydrogen (secondary N) is 1. The van der Waals surface area contributed by atoms with Crippen LogP contribution in [-0.2, 0) is 6.18 Å². The number of rotatable bonds is 1. The Labute approximate surface area is 83.4 Å². The molecule has 0 heterocycles. The Kier molecular flexibility index (Phi) is 2.98. The second-order valence-corrected chi connectivity index (χ2v) is 2.93. The van der Waals surface area contributed by atoms with Gasteiger partial charge >= 0.3 is 6.18 Å². The summed E-state index contributed by atoms with van der Waals surface area (Å²) >= 11 is 9.19. The lowest BCUT2D eigenvalue weighted by atomic mass is 10.2. The minimum absolute atomic E-state index is 0.139. The molecule has 72 valence electrons. The van der Waals surface area contributed by atoms with E-state index in [1.807, 2.05) is 0 Å². The van der Waals surface area contributed by atoms with Gasteiger partial charge in [-0.15, -0.1) is 0 Å². The van der Waals surface area contributed by atoms with Crippen LogP contribution in [0.3, 0.4) is 0 Å². The molecule has 0 aromatic heterocycles. The molecule has 1 nitrogen and oxygen atoms in total. The van der Waals surface area contributed by atoms with Crippen LogP contribution in [-0.4, -0.2) is 0 Å². The summed E-state index contributed by atoms with van der Waals surface area (Å²) < 4.78 is 38.7. The van der Waals surface area contributed by atoms with Crippen LogP contribution >= 0.6 is 24.4 Å². The number of anilines is 1. The van der Waals surface area contributed by atoms with Gasteiger partial charge in [-0.05, 0) is 18.2 Å². The van der Waals surface area contributed by atoms with Crippen molar-refractivity contribution in [2.24, 2.45) is 0 Å². The van der Waals surface area contributed by atoms with Crippen LogP contribution in [0.4, 0.5) is 18.9 Å². The molecule has 0 saturated carbocycles. The maximum Gasteiger partial charge on any atom is 0.416 e. The van der Waals surface area contributed by atoms with Gasteiger partial charge in [0.1, 0.15) is 0 Å². The van der Waals surface area contributed by atoms with E-state index in [1.54, 1.807) is 0 Å². The lowest BCUT2D eigenvalue weighted by molar-refractivity contribution is -0.137. The van der Waals surface area contributed by atoms with Gasteiger partial charge in [-0.25, -0.2) is 0 Å². The standard InChI is InChI=1S/C7H5ClF3NS/c8-5-2-1-4(7(9,10)11)3-6(5)12-13/h1-3,12-13H. The van der Waals surface area contributed by atoms with Gasteiger partial charge in [-0.2, -0.15) is 13.2 Å². The van der Waals surface area contributed by atoms with Gasteiger partial charge in [0.15, 0.2) is 0 Å². The Morgan fingerprint density at radius 1 is 1.31 bits per heavy atom. The molecule has 1 N–H and O–H groups in total. The molecule has 0 spiro atoms. The van der Waals surface area contributed by atoms with Gasteiger partial charge in [0.05, 0.1) is 16.3 Å². The zero-order valence-corrected chi connectivity index (χ0v) is 7.84. The van der Waals surface area contributed by atoms with E-state index in [0.29, 0.717) is 0 Å². The normalized spacial score (nSPS) is 11.5. The van der Waals surface area contributed by atoms with Crippen molar-refractivity contribution < 1.29 is 13.2 Å². The summed E-state index contributed by atoms with van der Waals surface area (Å²) in [5.41, 5.74) is -0.617. The van der Waals surface area contributed by atoms with Gasteiger partial charge in [-0.1, -0.05) is 24.4 Å². The first-order chi connectivity index (χ1) is 5.95. The Bertz CT molecular complexity index is 313. The van der Waals surface area contributed by atoms with Crippen molar-refractivity contribution in [2.75, 3.05) is 4.72 Å². The molecular weight excluding hydrogens is 223 g/mol. The molecule has 13 heavy (non-hydrogen) atoms. The Morgan fingerprint density at radius 2 is 1.92 bits per heavy atom. The lowest BCUT2D eigenvalue weighted by Crippen LogP contribution is -2.04. The van der Waals surface area contributed by atoms with Crippen molar-refractivity contribution in [3.8, 4) is 0 Å². The number of benzene rings is 1. The first kappa shape index (κ1) is 10.5. The van der Waals surface area contributed by atoms with E-state index < -0.39 is 11.7 Å². The highest BCUT2D eigenvalue weighted by molar-refractivity contribution is 7.81. The van der Waals surface area contributed by atoms with E-state index in [0.717, 1.165) is 12.1 Å². The molecule has 0 aliphatic rings. The molecule has 1 aromatic carbocycles. The van der Waals surface area contributed by atoms with Gasteiger partial charge in [0.25, 0.3) is 0 Å². The molecule has 0 saturated heterocycles. The van der Waals surface area contributed by atoms with Gasteiger partial charge in [0.2, 0.25) is 0 Å². The third-order valence-electron chi connectivity index (χ3n) is 1.41. The molecule has 0 aliphatic carbocycles. The van der Waals surface area contributed by atoms with E-state index >= 15 is 0 Å². The van der Waals surface area contributed by atoms with Crippen molar-refractivity contribution in [3.63, 3.8) is 0 Å². The van der Waals surface area contributed by atoms with Crippen molar-refractivity contribution in [1.29, 1.82) is 0 Å². The summed E-state index contributed by atoms with van der Waals surface area (Å²) in [5, 5.41) is 0.197. The highest BCUT2D eigenvalue weighted by Crippen LogP contribution is 2.33. The zero-order valence-electron chi connectivity index (χ0n) is 6.19. The largest absolute Gasteiger partial charge is 0.416 e. The number of thiol groups is 1. The second kappa shape index (κ2) is 3.67. The summed E-state index contributed by atoms with van der Waals surface area (Å²) in [6.45, 7) is 0. The smallest absolute Gasteiger partial charge is 0.331 e. The molecular formula is C7H5ClF3NS. The quantitative estimate of drug-likeness (QED) is 0.699. The van der Waals surface area contributed by atoms with E-state index in [9.17, 15) is 13.2 Å². The third-order valence-corrected chi connectivity index (χ3v) is 1.98. The average molecular weight is 228 g/mol. The van der Waals surface area contributed by atoms with Gasteiger partial charge in [-0.3, -0.25) is 0 Å². The van der Waals surface area contributed by atoms with Crippen molar-refractivity contribution >= 4 is 30.1 Å². The monoisotopic (exact) mass is 227 g/mol. The average Bonchev–Trinajstić information content (AvgIpc) is 2.03. The summed E-state index contributed by atoms with van der Waals surface area (Å²) in [6.07, 6.45) is -4.36. The van der Waals surface area contributed by atoms with Crippen LogP contribution in [0.5, 0.6) is 0 Å². The molecule has 0 fully saturated rings. The van der Waals surface area contributed by atoms with Gasteiger partial charge < -0.3 is 4.72 Å². The van der Waals surface area contributed by atoms with E-state index in [-0.39, 0.29) is 10.7 Å². The SMILES string of the molecule is FC(F)(F)c1ccc(Cl)c(NS)c1. The zero-order chi connectivity index (χ0) is 10.1. The highest BCUT2D eigenvalue weighted by atomic mass is 35.5. The summed E-state index contributed by atoms with van der Waals surface area (Å²) in [5.74, 6) is 0. The summed E-state index contributed by atoms with van der Waals surface area (Å²) in [4.78, 5) is 0. The Hall–Kier alpha value is -0.550. The fourth-order valence-corrected chi connectivity index (χ4v) is 1.20. The molecule has 0 radical (unpaired) electrons. The molecule has 1 rings (SSSR count). The second-order valence-electron chi connectivity index (χ2n) is 2.30. The lowest BCUT2D eigenvalue weighted by Gasteiger charge is -2.09. The maximum absolute atomic E-state index is 12.1. The number of hydrogen-bond donors (Lipinski definition) is 2. The topological polar surface area (TPSA) is 12.0 Å². The van der Waals surface area contributed by atoms with E-state index in [4.69, 9.17) is 11.6 Å². The number of halogens is 4. The van der Waals surface area contributed by atoms with E-state index in [1.165, 1.54) is 6.07 Å². The first-order valence-electron chi connectivity index (χ1n) is 3.22. The first-order valence-corrected chi connectivity index (χ1v) is 4.04. The van der Waals surface area contributed by atoms with Gasteiger partial charge in [0, 0.05) is 0 Å². The van der Waals surface area contributed by atoms with Crippen LogP contribution in [0.1, 0.15) is 5.56 Å². The highest BCUT2D eigenvalue weighted by Gasteiger charge is 2.30. The molecule has 0 bridgehead atoms. The van der Waals surface area contributed by atoms with Crippen LogP contribution < -0.4 is 4.72 Å². The third kappa shape index (κ3) is 2.45. The van der Waals surface area contributed by atoms with Crippen molar-refractivity contribution in [2.45, 2.75) is 6.18 Å². The molecule has 0 aliphatic heterocycles. The Morgan fingerprint density at radius 3 is 2.38 bits per heavy atom. The van der Waals surface area contributed by atoms with Crippen LogP contribution in [0.15, 0.2) is 18.2 Å². The van der Waals surface area contributed by atoms with Crippen LogP contribution in [0, 0.1) is 0 Å². The summed E-state index contributed by atoms with van der Waals surface area (Å²) in [7, 11) is 0. The van der Waals surface area contributed by atoms with Crippen molar-refractivity contribution in [1.82, 2.24) is 0 Å². The minimum Gasteiger partial charge on any atom is -0.331 e. The molecule has 1 aromatic rings. The summed E-state index contributed by atoms with van der Waals surface area (Å²) in [6, 6.07) is 2.98. The molecule has 0 atom stereocenters. The predicted molar refractivity (Wildman–Crippen MR) is 49.1 cm³/mol. The molecule has 0 unspecified atom stereocenters.